The lowest BCUT2D eigenvalue weighted by molar-refractivity contribution is -0.457. The number of aliphatic hydroxyl groups is 2. The van der Waals surface area contributed by atoms with Gasteiger partial charge in [0.1, 0.15) is 12.9 Å². The highest BCUT2D eigenvalue weighted by Gasteiger charge is 2.70. The van der Waals surface area contributed by atoms with E-state index in [1.165, 1.54) is 6.92 Å². The highest BCUT2D eigenvalue weighted by atomic mass is 16.8. The van der Waals surface area contributed by atoms with E-state index in [0.29, 0.717) is 25.9 Å². The van der Waals surface area contributed by atoms with Gasteiger partial charge >= 0.3 is 11.9 Å². The number of carbonyl (C=O) groups is 3. The van der Waals surface area contributed by atoms with Crippen molar-refractivity contribution < 1.29 is 48.3 Å². The first kappa shape index (κ1) is 28.0. The second-order valence-corrected chi connectivity index (χ2v) is 14.2. The third-order valence-corrected chi connectivity index (χ3v) is 12.4. The van der Waals surface area contributed by atoms with Gasteiger partial charge in [-0.3, -0.25) is 4.79 Å². The van der Waals surface area contributed by atoms with Crippen molar-refractivity contribution in [3.63, 3.8) is 0 Å². The second-order valence-electron chi connectivity index (χ2n) is 14.2. The van der Waals surface area contributed by atoms with Crippen LogP contribution in [0, 0.1) is 34.5 Å². The van der Waals surface area contributed by atoms with E-state index in [1.807, 2.05) is 6.92 Å². The number of cyclic esters (lactones) is 1. The van der Waals surface area contributed by atoms with Crippen molar-refractivity contribution in [1.82, 2.24) is 0 Å². The lowest BCUT2D eigenvalue weighted by atomic mass is 9.42. The molecule has 7 rings (SSSR count). The fraction of sp³-hybridized carbons (Fsp3) is 0.839. The van der Waals surface area contributed by atoms with Crippen LogP contribution < -0.4 is 0 Å². The van der Waals surface area contributed by atoms with Gasteiger partial charge in [0.25, 0.3) is 5.79 Å². The molecule has 41 heavy (non-hydrogen) atoms. The molecule has 226 valence electrons. The molecule has 4 saturated carbocycles. The van der Waals surface area contributed by atoms with Crippen LogP contribution in [0.2, 0.25) is 0 Å². The Kier molecular flexibility index (Phi) is 6.36. The van der Waals surface area contributed by atoms with Gasteiger partial charge in [-0.1, -0.05) is 6.92 Å². The Morgan fingerprint density at radius 1 is 1.07 bits per heavy atom. The molecule has 4 aliphatic carbocycles. The van der Waals surface area contributed by atoms with Gasteiger partial charge in [0.05, 0.1) is 23.9 Å². The van der Waals surface area contributed by atoms with E-state index >= 15 is 0 Å². The van der Waals surface area contributed by atoms with Crippen molar-refractivity contribution >= 4 is 18.2 Å². The normalized spacial score (nSPS) is 53.9. The fourth-order valence-electron chi connectivity index (χ4n) is 10.5. The number of hydrogen-bond acceptors (Lipinski definition) is 10. The van der Waals surface area contributed by atoms with Crippen LogP contribution in [0.1, 0.15) is 78.6 Å². The molecule has 0 aromatic rings. The van der Waals surface area contributed by atoms with Crippen molar-refractivity contribution in [2.24, 2.45) is 34.5 Å². The second kappa shape index (κ2) is 9.32. The number of esters is 2. The summed E-state index contributed by atoms with van der Waals surface area (Å²) in [6, 6.07) is 0. The largest absolute Gasteiger partial charge is 0.458 e. The zero-order valence-electron chi connectivity index (χ0n) is 24.1. The Hall–Kier alpha value is -1.85. The molecule has 2 saturated heterocycles. The van der Waals surface area contributed by atoms with Gasteiger partial charge in [-0.2, -0.15) is 0 Å². The summed E-state index contributed by atoms with van der Waals surface area (Å²) in [7, 11) is 0. The van der Waals surface area contributed by atoms with Crippen LogP contribution in [0.4, 0.5) is 0 Å². The molecule has 0 unspecified atom stereocenters. The molecule has 0 bridgehead atoms. The van der Waals surface area contributed by atoms with Crippen LogP contribution in [0.3, 0.4) is 0 Å². The molecule has 13 atom stereocenters. The average molecular weight is 575 g/mol. The Morgan fingerprint density at radius 3 is 2.59 bits per heavy atom. The van der Waals surface area contributed by atoms with Crippen LogP contribution >= 0.6 is 0 Å². The van der Waals surface area contributed by atoms with E-state index in [0.717, 1.165) is 44.0 Å². The van der Waals surface area contributed by atoms with E-state index in [-0.39, 0.29) is 48.3 Å². The summed E-state index contributed by atoms with van der Waals surface area (Å²) in [6.45, 7) is 5.59. The summed E-state index contributed by atoms with van der Waals surface area (Å²) in [6.07, 6.45) is 5.24. The van der Waals surface area contributed by atoms with E-state index in [4.69, 9.17) is 23.7 Å². The molecular weight excluding hydrogens is 532 g/mol. The van der Waals surface area contributed by atoms with Gasteiger partial charge in [0, 0.05) is 30.3 Å². The highest BCUT2D eigenvalue weighted by molar-refractivity contribution is 5.85. The predicted octanol–water partition coefficient (Wildman–Crippen LogP) is 2.57. The number of rotatable bonds is 3. The minimum absolute atomic E-state index is 0.0326. The van der Waals surface area contributed by atoms with Crippen molar-refractivity contribution in [1.29, 1.82) is 0 Å². The van der Waals surface area contributed by atoms with E-state index in [1.54, 1.807) is 6.08 Å². The number of aldehydes is 1. The van der Waals surface area contributed by atoms with Crippen molar-refractivity contribution in [3.8, 4) is 0 Å². The zero-order chi connectivity index (χ0) is 28.9. The minimum atomic E-state index is -1.97. The number of carbonyl (C=O) groups excluding carboxylic acids is 3. The van der Waals surface area contributed by atoms with Crippen molar-refractivity contribution in [2.75, 3.05) is 6.61 Å². The van der Waals surface area contributed by atoms with E-state index < -0.39 is 46.7 Å². The quantitative estimate of drug-likeness (QED) is 0.294. The molecule has 3 heterocycles. The summed E-state index contributed by atoms with van der Waals surface area (Å²) < 4.78 is 29.4. The molecule has 3 aliphatic heterocycles. The average Bonchev–Trinajstić information content (AvgIpc) is 3.46. The molecule has 0 amide bonds. The lowest BCUT2D eigenvalue weighted by Gasteiger charge is -2.64. The first-order chi connectivity index (χ1) is 19.4. The van der Waals surface area contributed by atoms with Gasteiger partial charge in [-0.25, -0.2) is 4.79 Å². The van der Waals surface area contributed by atoms with Crippen LogP contribution in [0.25, 0.3) is 0 Å². The maximum atomic E-state index is 13.2. The minimum Gasteiger partial charge on any atom is -0.458 e. The molecule has 0 aromatic heterocycles. The van der Waals surface area contributed by atoms with Crippen LogP contribution in [-0.4, -0.2) is 77.1 Å². The summed E-state index contributed by atoms with van der Waals surface area (Å²) in [4.78, 5) is 37.0. The summed E-state index contributed by atoms with van der Waals surface area (Å²) >= 11 is 0. The molecule has 0 radical (unpaired) electrons. The molecule has 0 aromatic carbocycles. The first-order valence-corrected chi connectivity index (χ1v) is 15.4. The number of hydrogen-bond donors (Lipinski definition) is 2. The molecule has 10 heteroatoms. The first-order valence-electron chi connectivity index (χ1n) is 15.4. The third-order valence-electron chi connectivity index (χ3n) is 12.4. The lowest BCUT2D eigenvalue weighted by Crippen LogP contribution is -2.71. The maximum Gasteiger partial charge on any atom is 0.331 e. The molecule has 7 aliphatic rings. The molecule has 10 nitrogen and oxygen atoms in total. The summed E-state index contributed by atoms with van der Waals surface area (Å²) in [5.74, 6) is -2.75. The summed E-state index contributed by atoms with van der Waals surface area (Å²) in [5, 5.41) is 24.2. The predicted molar refractivity (Wildman–Crippen MR) is 141 cm³/mol. The molecular formula is C31H42O10. The van der Waals surface area contributed by atoms with Gasteiger partial charge in [0.2, 0.25) is 6.29 Å². The molecule has 6 fully saturated rings. The Morgan fingerprint density at radius 2 is 1.88 bits per heavy atom. The van der Waals surface area contributed by atoms with Gasteiger partial charge in [-0.15, -0.1) is 0 Å². The molecule has 2 N–H and O–H groups in total. The van der Waals surface area contributed by atoms with Crippen LogP contribution in [0.15, 0.2) is 11.6 Å². The van der Waals surface area contributed by atoms with E-state index in [2.05, 4.69) is 6.92 Å². The maximum absolute atomic E-state index is 13.2. The smallest absolute Gasteiger partial charge is 0.331 e. The van der Waals surface area contributed by atoms with Crippen LogP contribution in [0.5, 0.6) is 0 Å². The monoisotopic (exact) mass is 574 g/mol. The van der Waals surface area contributed by atoms with Gasteiger partial charge < -0.3 is 38.7 Å². The molecule has 0 spiro atoms. The highest BCUT2D eigenvalue weighted by Crippen LogP contribution is 2.70. The Bertz CT molecular complexity index is 1170. The standard InChI is InChI=1S/C31H42O10/c1-16-10-25(39-17(2)33)31(36)27(38-16)40-23-12-19-4-5-22-21(29(19,15-32)13-24(23)41-31)6-8-28(3)20(7-9-30(22,28)35)18-11-26(34)37-14-18/h11,15-16,19-25,27,35-36H,4-10,12-14H2,1-3H3/t16-,19+,20-,21+,22-,23-,24-,25+,27+,28-,29-,30+,31+/m1/s1. The van der Waals surface area contributed by atoms with Gasteiger partial charge in [-0.05, 0) is 87.5 Å². The number of ether oxygens (including phenoxy) is 5. The summed E-state index contributed by atoms with van der Waals surface area (Å²) in [5.41, 5.74) is -1.10. The van der Waals surface area contributed by atoms with Crippen LogP contribution in [-0.2, 0) is 38.1 Å². The van der Waals surface area contributed by atoms with Gasteiger partial charge in [0.15, 0.2) is 6.10 Å². The third kappa shape index (κ3) is 3.83. The SMILES string of the molecule is CC(=O)O[C@H]1C[C@@H](C)O[C@H]2O[C@@H]3C[C@@H]4CC[C@@H]5[C@H](CC[C@]6(C)[C@@H](C7=CC(=O)OC7)CC[C@]56O)[C@@]4(C=O)C[C@H]3O[C@]21O. The number of fused-ring (bicyclic) bond motifs is 7. The Balaban J connectivity index is 1.17. The topological polar surface area (TPSA) is 138 Å². The Labute approximate surface area is 240 Å². The van der Waals surface area contributed by atoms with Crippen molar-refractivity contribution in [2.45, 2.75) is 121 Å². The van der Waals surface area contributed by atoms with E-state index in [9.17, 15) is 24.6 Å². The fourth-order valence-corrected chi connectivity index (χ4v) is 10.5. The van der Waals surface area contributed by atoms with Crippen molar-refractivity contribution in [3.05, 3.63) is 11.6 Å². The zero-order valence-corrected chi connectivity index (χ0v) is 24.1.